The van der Waals surface area contributed by atoms with Crippen LogP contribution in [0.1, 0.15) is 81.3 Å². The zero-order valence-corrected chi connectivity index (χ0v) is 21.9. The Morgan fingerprint density at radius 2 is 1.67 bits per heavy atom. The number of nitrogens with zero attached hydrogens (tertiary/aromatic N) is 1. The van der Waals surface area contributed by atoms with Gasteiger partial charge in [0.2, 0.25) is 5.91 Å². The summed E-state index contributed by atoms with van der Waals surface area (Å²) in [4.78, 5) is 36.7. The highest BCUT2D eigenvalue weighted by Gasteiger charge is 2.38. The van der Waals surface area contributed by atoms with Crippen LogP contribution in [-0.2, 0) is 9.59 Å². The minimum atomic E-state index is -5.08. The van der Waals surface area contributed by atoms with Crippen LogP contribution in [0.3, 0.4) is 0 Å². The lowest BCUT2D eigenvalue weighted by atomic mass is 9.82. The van der Waals surface area contributed by atoms with Crippen LogP contribution < -0.4 is 4.90 Å². The Morgan fingerprint density at radius 1 is 1.14 bits per heavy atom. The summed E-state index contributed by atoms with van der Waals surface area (Å²) in [6.45, 7) is 10.00. The van der Waals surface area contributed by atoms with Gasteiger partial charge in [-0.05, 0) is 71.8 Å². The van der Waals surface area contributed by atoms with E-state index in [2.05, 4.69) is 18.8 Å². The van der Waals surface area contributed by atoms with E-state index in [0.29, 0.717) is 22.9 Å². The highest BCUT2D eigenvalue weighted by molar-refractivity contribution is 7.15. The summed E-state index contributed by atoms with van der Waals surface area (Å²) >= 11 is 1.11. The van der Waals surface area contributed by atoms with Crippen LogP contribution in [0.25, 0.3) is 0 Å². The fourth-order valence-corrected chi connectivity index (χ4v) is 4.46. The molecule has 0 aliphatic heterocycles. The number of alkyl halides is 3. The number of carbonyl (C=O) groups is 3. The molecule has 0 saturated heterocycles. The summed E-state index contributed by atoms with van der Waals surface area (Å²) in [6.07, 6.45) is -1.02. The zero-order chi connectivity index (χ0) is 27.8. The number of carboxylic acids is 2. The number of anilines is 1. The number of hydrogen-bond acceptors (Lipinski definition) is 5. The second kappa shape index (κ2) is 13.1. The number of rotatable bonds is 6. The predicted octanol–water partition coefficient (Wildman–Crippen LogP) is 5.41. The number of aliphatic hydroxyl groups excluding tert-OH is 1. The van der Waals surface area contributed by atoms with E-state index in [0.717, 1.165) is 37.0 Å². The van der Waals surface area contributed by atoms with E-state index in [4.69, 9.17) is 9.90 Å². The van der Waals surface area contributed by atoms with E-state index in [1.54, 1.807) is 11.0 Å². The van der Waals surface area contributed by atoms with Crippen LogP contribution in [-0.4, -0.2) is 52.0 Å². The third kappa shape index (κ3) is 9.82. The summed E-state index contributed by atoms with van der Waals surface area (Å²) in [5.74, 6) is 2.88. The maximum absolute atomic E-state index is 13.4. The van der Waals surface area contributed by atoms with Crippen molar-refractivity contribution in [2.45, 2.75) is 78.9 Å². The average Bonchev–Trinajstić information content (AvgIpc) is 3.16. The summed E-state index contributed by atoms with van der Waals surface area (Å²) in [5.41, 5.74) is 0.205. The second-order valence-corrected chi connectivity index (χ2v) is 11.0. The first kappa shape index (κ1) is 31.4. The quantitative estimate of drug-likeness (QED) is 0.422. The minimum Gasteiger partial charge on any atom is -0.477 e. The largest absolute Gasteiger partial charge is 0.490 e. The van der Waals surface area contributed by atoms with Gasteiger partial charge in [-0.1, -0.05) is 18.8 Å². The van der Waals surface area contributed by atoms with Gasteiger partial charge >= 0.3 is 18.1 Å². The lowest BCUT2D eigenvalue weighted by molar-refractivity contribution is -0.192. The topological polar surface area (TPSA) is 115 Å². The molecule has 1 heterocycles. The number of aromatic carboxylic acids is 1. The van der Waals surface area contributed by atoms with Crippen molar-refractivity contribution in [2.75, 3.05) is 11.5 Å². The minimum absolute atomic E-state index is 0.0338. The Balaban J connectivity index is 0.000000809. The Labute approximate surface area is 213 Å². The number of hydrogen-bond donors (Lipinski definition) is 3. The first-order valence-electron chi connectivity index (χ1n) is 11.6. The van der Waals surface area contributed by atoms with Gasteiger partial charge in [0.1, 0.15) is 4.88 Å². The van der Waals surface area contributed by atoms with Gasteiger partial charge in [-0.2, -0.15) is 13.2 Å². The van der Waals surface area contributed by atoms with Gasteiger partial charge in [-0.3, -0.25) is 4.79 Å². The fourth-order valence-electron chi connectivity index (χ4n) is 3.62. The molecule has 1 aromatic rings. The molecule has 202 valence electrons. The number of halogens is 3. The third-order valence-electron chi connectivity index (χ3n) is 5.56. The van der Waals surface area contributed by atoms with Crippen molar-refractivity contribution >= 4 is 34.9 Å². The molecule has 1 fully saturated rings. The molecular formula is C25H34F3NO6S. The Bertz CT molecular complexity index is 979. The molecule has 2 rings (SSSR count). The molecule has 3 N–H and O–H groups in total. The van der Waals surface area contributed by atoms with Crippen LogP contribution in [0.5, 0.6) is 0 Å². The number of amides is 1. The second-order valence-electron chi connectivity index (χ2n) is 9.96. The standard InChI is InChI=1S/C23H33NO4S.C2HF3O2/c1-15-6-8-17(9-7-15)21(26)24(16(2)11-13-25)19-14-18(10-12-23(3,4)5)29-20(19)22(27)28;3-2(4,5)1(6)7/h14-17,25H,6-9,11,13H2,1-5H3,(H,27,28);(H,6,7)/t15?,16-,17?;/m0./s1. The normalized spacial score (nSPS) is 18.7. The highest BCUT2D eigenvalue weighted by Crippen LogP contribution is 2.36. The SMILES string of the molecule is CC1CCC(C(=O)N(c2cc(C#CC(C)(C)C)sc2C(=O)O)[C@@H](C)CCO)CC1.O=C(O)C(F)(F)F. The van der Waals surface area contributed by atoms with E-state index >= 15 is 0 Å². The molecule has 1 aromatic heterocycles. The summed E-state index contributed by atoms with van der Waals surface area (Å²) in [7, 11) is 0. The van der Waals surface area contributed by atoms with Gasteiger partial charge in [-0.25, -0.2) is 9.59 Å². The Morgan fingerprint density at radius 3 is 2.08 bits per heavy atom. The van der Waals surface area contributed by atoms with E-state index < -0.39 is 18.1 Å². The molecular weight excluding hydrogens is 499 g/mol. The van der Waals surface area contributed by atoms with Crippen molar-refractivity contribution in [3.63, 3.8) is 0 Å². The Kier molecular flexibility index (Phi) is 11.4. The van der Waals surface area contributed by atoms with Crippen molar-refractivity contribution in [2.24, 2.45) is 17.3 Å². The summed E-state index contributed by atoms with van der Waals surface area (Å²) in [6, 6.07) is 1.44. The number of aliphatic hydroxyl groups is 1. The van der Waals surface area contributed by atoms with Crippen LogP contribution in [0, 0.1) is 29.1 Å². The molecule has 1 aliphatic carbocycles. The Hall–Kier alpha value is -2.58. The number of carboxylic acid groups (broad SMARTS) is 2. The van der Waals surface area contributed by atoms with Crippen molar-refractivity contribution in [3.8, 4) is 11.8 Å². The first-order chi connectivity index (χ1) is 16.5. The lowest BCUT2D eigenvalue weighted by Gasteiger charge is -2.34. The highest BCUT2D eigenvalue weighted by atomic mass is 32.1. The van der Waals surface area contributed by atoms with E-state index in [1.165, 1.54) is 0 Å². The van der Waals surface area contributed by atoms with Crippen LogP contribution in [0.4, 0.5) is 18.9 Å². The van der Waals surface area contributed by atoms with Gasteiger partial charge in [0, 0.05) is 24.0 Å². The maximum atomic E-state index is 13.4. The van der Waals surface area contributed by atoms with Gasteiger partial charge in [0.15, 0.2) is 0 Å². The van der Waals surface area contributed by atoms with E-state index in [1.807, 2.05) is 27.7 Å². The van der Waals surface area contributed by atoms with E-state index in [-0.39, 0.29) is 34.8 Å². The van der Waals surface area contributed by atoms with Crippen molar-refractivity contribution in [1.29, 1.82) is 0 Å². The molecule has 1 atom stereocenters. The third-order valence-corrected chi connectivity index (χ3v) is 6.59. The molecule has 0 aromatic carbocycles. The van der Waals surface area contributed by atoms with Crippen molar-refractivity contribution in [3.05, 3.63) is 15.8 Å². The van der Waals surface area contributed by atoms with Crippen LogP contribution in [0.15, 0.2) is 6.07 Å². The van der Waals surface area contributed by atoms with Crippen molar-refractivity contribution in [1.82, 2.24) is 0 Å². The van der Waals surface area contributed by atoms with E-state index in [9.17, 15) is 33.0 Å². The van der Waals surface area contributed by atoms with Gasteiger partial charge in [-0.15, -0.1) is 11.3 Å². The van der Waals surface area contributed by atoms with Gasteiger partial charge in [0.25, 0.3) is 0 Å². The number of thiophene rings is 1. The molecule has 0 unspecified atom stereocenters. The molecule has 0 radical (unpaired) electrons. The zero-order valence-electron chi connectivity index (χ0n) is 21.1. The molecule has 1 saturated carbocycles. The average molecular weight is 534 g/mol. The lowest BCUT2D eigenvalue weighted by Crippen LogP contribution is -2.44. The first-order valence-corrected chi connectivity index (χ1v) is 12.4. The summed E-state index contributed by atoms with van der Waals surface area (Å²) < 4.78 is 31.7. The summed E-state index contributed by atoms with van der Waals surface area (Å²) in [5, 5.41) is 26.3. The number of aliphatic carboxylic acids is 1. The molecule has 1 amide bonds. The maximum Gasteiger partial charge on any atom is 0.490 e. The van der Waals surface area contributed by atoms with Crippen molar-refractivity contribution < 1.29 is 42.9 Å². The smallest absolute Gasteiger partial charge is 0.477 e. The predicted molar refractivity (Wildman–Crippen MR) is 131 cm³/mol. The monoisotopic (exact) mass is 533 g/mol. The van der Waals surface area contributed by atoms with Gasteiger partial charge in [0.05, 0.1) is 10.6 Å². The van der Waals surface area contributed by atoms with Crippen LogP contribution in [0.2, 0.25) is 0 Å². The van der Waals surface area contributed by atoms with Gasteiger partial charge < -0.3 is 20.2 Å². The fraction of sp³-hybridized carbons (Fsp3) is 0.640. The molecule has 0 bridgehead atoms. The molecule has 0 spiro atoms. The molecule has 36 heavy (non-hydrogen) atoms. The number of carbonyl (C=O) groups excluding carboxylic acids is 1. The molecule has 11 heteroatoms. The van der Waals surface area contributed by atoms with Crippen LogP contribution >= 0.6 is 11.3 Å². The molecule has 1 aliphatic rings. The molecule has 7 nitrogen and oxygen atoms in total.